The molecule has 2 fully saturated rings. The Hall–Kier alpha value is -5.84. The first kappa shape index (κ1) is 37.1. The van der Waals surface area contributed by atoms with Crippen molar-refractivity contribution >= 4 is 11.8 Å². The highest BCUT2D eigenvalue weighted by Crippen LogP contribution is 2.56. The zero-order valence-corrected chi connectivity index (χ0v) is 31.9. The van der Waals surface area contributed by atoms with Crippen LogP contribution in [0.2, 0.25) is 0 Å². The average Bonchev–Trinajstić information content (AvgIpc) is 4.12. The molecule has 0 bridgehead atoms. The van der Waals surface area contributed by atoms with Gasteiger partial charge < -0.3 is 30.8 Å². The maximum absolute atomic E-state index is 13.7. The van der Waals surface area contributed by atoms with Crippen molar-refractivity contribution < 1.29 is 19.8 Å². The van der Waals surface area contributed by atoms with Gasteiger partial charge in [0.1, 0.15) is 11.6 Å². The number of carbonyl (C=O) groups excluding carboxylic acids is 2. The van der Waals surface area contributed by atoms with E-state index in [1.807, 2.05) is 97.3 Å². The van der Waals surface area contributed by atoms with Gasteiger partial charge in [0.05, 0.1) is 47.0 Å². The summed E-state index contributed by atoms with van der Waals surface area (Å²) in [7, 11) is 0. The number of carbonyl (C=O) groups is 2. The number of aliphatic hydroxyl groups excluding tert-OH is 2. The normalized spacial score (nSPS) is 17.0. The van der Waals surface area contributed by atoms with Gasteiger partial charge in [0.2, 0.25) is 11.8 Å². The first-order valence-electron chi connectivity index (χ1n) is 19.3. The van der Waals surface area contributed by atoms with Crippen LogP contribution in [0.3, 0.4) is 0 Å². The van der Waals surface area contributed by atoms with E-state index in [0.29, 0.717) is 37.3 Å². The van der Waals surface area contributed by atoms with E-state index in [9.17, 15) is 19.8 Å². The topological polar surface area (TPSA) is 156 Å². The fraction of sp³-hybridized carbons (Fsp3) is 0.304. The van der Waals surface area contributed by atoms with E-state index in [2.05, 4.69) is 65.6 Å². The number of nitrogens with one attached hydrogen (secondary N) is 4. The fourth-order valence-corrected chi connectivity index (χ4v) is 7.64. The Morgan fingerprint density at radius 1 is 0.643 bits per heavy atom. The summed E-state index contributed by atoms with van der Waals surface area (Å²) < 4.78 is 0. The van der Waals surface area contributed by atoms with Crippen molar-refractivity contribution in [3.8, 4) is 33.6 Å². The molecule has 56 heavy (non-hydrogen) atoms. The Labute approximate surface area is 326 Å². The number of nitrogens with zero attached hydrogens (tertiary/aromatic N) is 2. The Morgan fingerprint density at radius 2 is 1.09 bits per heavy atom. The first-order valence-corrected chi connectivity index (χ1v) is 19.3. The second-order valence-electron chi connectivity index (χ2n) is 16.5. The lowest BCUT2D eigenvalue weighted by molar-refractivity contribution is -0.133. The van der Waals surface area contributed by atoms with Crippen molar-refractivity contribution in [2.24, 2.45) is 16.2 Å². The van der Waals surface area contributed by atoms with Crippen molar-refractivity contribution in [2.75, 3.05) is 0 Å². The maximum atomic E-state index is 13.7. The average molecular weight is 749 g/mol. The molecule has 3 atom stereocenters. The van der Waals surface area contributed by atoms with Crippen LogP contribution in [-0.4, -0.2) is 42.0 Å². The number of aromatic amines is 2. The third kappa shape index (κ3) is 7.30. The zero-order valence-electron chi connectivity index (χ0n) is 31.9. The highest BCUT2D eigenvalue weighted by atomic mass is 16.3. The van der Waals surface area contributed by atoms with Gasteiger partial charge >= 0.3 is 0 Å². The minimum Gasteiger partial charge on any atom is -0.387 e. The lowest BCUT2D eigenvalue weighted by Crippen LogP contribution is -2.43. The molecule has 3 unspecified atom stereocenters. The number of imidazole rings is 2. The van der Waals surface area contributed by atoms with Gasteiger partial charge in [-0.1, -0.05) is 130 Å². The number of hydrogen-bond acceptors (Lipinski definition) is 6. The summed E-state index contributed by atoms with van der Waals surface area (Å²) in [4.78, 5) is 43.0. The molecule has 286 valence electrons. The van der Waals surface area contributed by atoms with E-state index in [0.717, 1.165) is 44.8 Å². The number of H-pyrrole nitrogens is 2. The summed E-state index contributed by atoms with van der Waals surface area (Å²) in [6, 6.07) is 34.8. The van der Waals surface area contributed by atoms with E-state index in [1.165, 1.54) is 0 Å². The van der Waals surface area contributed by atoms with Crippen molar-refractivity contribution in [3.05, 3.63) is 144 Å². The Morgan fingerprint density at radius 3 is 1.57 bits per heavy atom. The number of aromatic nitrogens is 4. The molecule has 10 nitrogen and oxygen atoms in total. The van der Waals surface area contributed by atoms with E-state index < -0.39 is 23.0 Å². The van der Waals surface area contributed by atoms with Gasteiger partial charge in [-0.05, 0) is 53.4 Å². The monoisotopic (exact) mass is 748 g/mol. The Balaban J connectivity index is 0.891. The molecule has 2 aromatic heterocycles. The van der Waals surface area contributed by atoms with Crippen LogP contribution in [0.15, 0.2) is 122 Å². The van der Waals surface area contributed by atoms with E-state index in [1.54, 1.807) is 0 Å². The molecular weight excluding hydrogens is 701 g/mol. The van der Waals surface area contributed by atoms with Gasteiger partial charge in [-0.15, -0.1) is 0 Å². The summed E-state index contributed by atoms with van der Waals surface area (Å²) in [5, 5.41) is 28.3. The minimum absolute atomic E-state index is 0.152. The number of benzene rings is 4. The van der Waals surface area contributed by atoms with Crippen LogP contribution in [-0.2, 0) is 16.1 Å². The molecule has 0 spiro atoms. The van der Waals surface area contributed by atoms with E-state index in [-0.39, 0.29) is 29.8 Å². The van der Waals surface area contributed by atoms with Crippen LogP contribution >= 0.6 is 0 Å². The van der Waals surface area contributed by atoms with Gasteiger partial charge in [-0.3, -0.25) is 9.59 Å². The van der Waals surface area contributed by atoms with Crippen molar-refractivity contribution in [1.29, 1.82) is 0 Å². The summed E-state index contributed by atoms with van der Waals surface area (Å²) in [5.74, 6) is 1.00. The molecule has 2 heterocycles. The molecule has 6 N–H and O–H groups in total. The Bertz CT molecular complexity index is 2300. The van der Waals surface area contributed by atoms with Crippen LogP contribution in [0.4, 0.5) is 0 Å². The molecule has 2 saturated carbocycles. The molecule has 0 radical (unpaired) electrons. The minimum atomic E-state index is -0.863. The van der Waals surface area contributed by atoms with Gasteiger partial charge in [-0.2, -0.15) is 0 Å². The van der Waals surface area contributed by atoms with Crippen LogP contribution in [0.5, 0.6) is 0 Å². The summed E-state index contributed by atoms with van der Waals surface area (Å²) >= 11 is 0. The third-order valence-corrected chi connectivity index (χ3v) is 11.5. The molecule has 6 aromatic rings. The SMILES string of the molecule is CC(C)(C)C(NC(=O)C1(C(O)c2ccccc2)CC1)c1nc(-c2ccc(-c3ccc(-c4c[nH]c(CNC(=O)C5(C(O)c6ccccc6)CC5)n4)cc3)cc2)c[nH]1. The molecule has 2 aliphatic rings. The molecule has 10 heteroatoms. The standard InChI is InChI=1S/C46H48N6O4/c1-44(2,3)38(52-43(56)46(24-25-46)40(54)34-12-8-5-9-13-34)41-48-27-36(51-41)32-20-16-30(17-21-32)29-14-18-31(19-15-29)35-26-47-37(50-35)28-49-42(55)45(22-23-45)39(53)33-10-6-4-7-11-33/h4-21,26-27,38-40,53-54H,22-25,28H2,1-3H3,(H,47,50)(H,48,51)(H,49,55)(H,52,56). The second-order valence-corrected chi connectivity index (χ2v) is 16.5. The third-order valence-electron chi connectivity index (χ3n) is 11.5. The molecule has 4 aromatic carbocycles. The van der Waals surface area contributed by atoms with Crippen molar-refractivity contribution in [1.82, 2.24) is 30.6 Å². The van der Waals surface area contributed by atoms with Crippen molar-refractivity contribution in [3.63, 3.8) is 0 Å². The van der Waals surface area contributed by atoms with Crippen LogP contribution in [0.25, 0.3) is 33.6 Å². The largest absolute Gasteiger partial charge is 0.387 e. The molecule has 2 amide bonds. The van der Waals surface area contributed by atoms with Gasteiger partial charge in [0.25, 0.3) is 0 Å². The smallest absolute Gasteiger partial charge is 0.229 e. The van der Waals surface area contributed by atoms with Gasteiger partial charge in [0, 0.05) is 23.5 Å². The highest BCUT2D eigenvalue weighted by Gasteiger charge is 2.57. The molecule has 2 aliphatic carbocycles. The van der Waals surface area contributed by atoms with Gasteiger partial charge in [0.15, 0.2) is 0 Å². The predicted molar refractivity (Wildman–Crippen MR) is 215 cm³/mol. The van der Waals surface area contributed by atoms with Crippen LogP contribution < -0.4 is 10.6 Å². The first-order chi connectivity index (χ1) is 27.0. The second kappa shape index (κ2) is 14.7. The number of hydrogen-bond donors (Lipinski definition) is 6. The van der Waals surface area contributed by atoms with Crippen molar-refractivity contribution in [2.45, 2.75) is 71.2 Å². The van der Waals surface area contributed by atoms with Crippen LogP contribution in [0.1, 0.15) is 87.5 Å². The lowest BCUT2D eigenvalue weighted by Gasteiger charge is -2.32. The molecule has 0 saturated heterocycles. The van der Waals surface area contributed by atoms with Crippen LogP contribution in [0, 0.1) is 16.2 Å². The maximum Gasteiger partial charge on any atom is 0.229 e. The highest BCUT2D eigenvalue weighted by molar-refractivity contribution is 5.87. The van der Waals surface area contributed by atoms with E-state index in [4.69, 9.17) is 9.97 Å². The molecule has 0 aliphatic heterocycles. The lowest BCUT2D eigenvalue weighted by atomic mass is 9.84. The molecule has 8 rings (SSSR count). The molecular formula is C46H48N6O4. The summed E-state index contributed by atoms with van der Waals surface area (Å²) in [6.07, 6.45) is 4.59. The quantitative estimate of drug-likeness (QED) is 0.0704. The summed E-state index contributed by atoms with van der Waals surface area (Å²) in [5.41, 5.74) is 5.12. The number of rotatable bonds is 13. The number of aliphatic hydroxyl groups is 2. The van der Waals surface area contributed by atoms with E-state index >= 15 is 0 Å². The van der Waals surface area contributed by atoms with Gasteiger partial charge in [-0.25, -0.2) is 9.97 Å². The predicted octanol–water partition coefficient (Wildman–Crippen LogP) is 7.98. The zero-order chi connectivity index (χ0) is 39.1. The Kier molecular flexibility index (Phi) is 9.72. The fourth-order valence-electron chi connectivity index (χ4n) is 7.64. The number of amides is 2. The summed E-state index contributed by atoms with van der Waals surface area (Å²) in [6.45, 7) is 6.46.